The highest BCUT2D eigenvalue weighted by molar-refractivity contribution is 7.12. The first-order valence-corrected chi connectivity index (χ1v) is 8.07. The second kappa shape index (κ2) is 6.49. The van der Waals surface area contributed by atoms with Crippen molar-refractivity contribution < 1.29 is 15.1 Å². The first-order chi connectivity index (χ1) is 11.1. The minimum absolute atomic E-state index is 0.178. The molecular weight excluding hydrogens is 314 g/mol. The van der Waals surface area contributed by atoms with Crippen LogP contribution in [0.3, 0.4) is 0 Å². The molecule has 0 saturated heterocycles. The Morgan fingerprint density at radius 1 is 1.35 bits per heavy atom. The number of rotatable bonds is 4. The Bertz CT molecular complexity index is 729. The fourth-order valence-corrected chi connectivity index (χ4v) is 3.68. The van der Waals surface area contributed by atoms with Crippen LogP contribution in [0.1, 0.15) is 22.0 Å². The quantitative estimate of drug-likeness (QED) is 0.496. The molecule has 3 atom stereocenters. The Labute approximate surface area is 137 Å². The fraction of sp³-hybridized carbons (Fsp3) is 0.250. The minimum atomic E-state index is -1.07. The summed E-state index contributed by atoms with van der Waals surface area (Å²) in [6.45, 7) is 0. The summed E-state index contributed by atoms with van der Waals surface area (Å²) in [5, 5.41) is 27.0. The van der Waals surface area contributed by atoms with E-state index in [4.69, 9.17) is 10.9 Å². The molecule has 1 heterocycles. The van der Waals surface area contributed by atoms with E-state index in [0.29, 0.717) is 11.3 Å². The number of amides is 1. The van der Waals surface area contributed by atoms with Gasteiger partial charge >= 0.3 is 0 Å². The van der Waals surface area contributed by atoms with Crippen molar-refractivity contribution in [2.24, 2.45) is 10.9 Å². The number of nitrogens with zero attached hydrogens (tertiary/aromatic N) is 1. The van der Waals surface area contributed by atoms with Gasteiger partial charge in [0, 0.05) is 0 Å². The van der Waals surface area contributed by atoms with E-state index >= 15 is 0 Å². The topological polar surface area (TPSA) is 108 Å². The Balaban J connectivity index is 1.71. The zero-order valence-electron chi connectivity index (χ0n) is 12.2. The van der Waals surface area contributed by atoms with E-state index < -0.39 is 18.2 Å². The van der Waals surface area contributed by atoms with Crippen molar-refractivity contribution in [2.45, 2.75) is 24.6 Å². The number of hydrogen-bond acceptors (Lipinski definition) is 6. The molecule has 3 rings (SSSR count). The molecule has 0 saturated carbocycles. The second-order valence-electron chi connectivity index (χ2n) is 5.42. The van der Waals surface area contributed by atoms with Crippen molar-refractivity contribution in [3.63, 3.8) is 0 Å². The van der Waals surface area contributed by atoms with Gasteiger partial charge in [-0.1, -0.05) is 35.5 Å². The number of carbonyl (C=O) groups excluding carboxylic acids is 1. The van der Waals surface area contributed by atoms with Gasteiger partial charge in [-0.25, -0.2) is 0 Å². The van der Waals surface area contributed by atoms with Crippen molar-refractivity contribution in [1.82, 2.24) is 5.32 Å². The average molecular weight is 331 g/mol. The van der Waals surface area contributed by atoms with E-state index in [9.17, 15) is 9.90 Å². The van der Waals surface area contributed by atoms with Crippen LogP contribution in [0.5, 0.6) is 0 Å². The van der Waals surface area contributed by atoms with Crippen molar-refractivity contribution >= 4 is 23.0 Å². The lowest BCUT2D eigenvalue weighted by Crippen LogP contribution is -2.46. The van der Waals surface area contributed by atoms with E-state index in [1.165, 1.54) is 11.3 Å². The number of carbonyl (C=O) groups is 1. The van der Waals surface area contributed by atoms with E-state index in [1.54, 1.807) is 6.07 Å². The van der Waals surface area contributed by atoms with Crippen LogP contribution >= 0.6 is 11.3 Å². The van der Waals surface area contributed by atoms with Crippen LogP contribution < -0.4 is 11.1 Å². The summed E-state index contributed by atoms with van der Waals surface area (Å²) in [5.41, 5.74) is 7.86. The van der Waals surface area contributed by atoms with Crippen LogP contribution in [0.4, 0.5) is 0 Å². The zero-order valence-corrected chi connectivity index (χ0v) is 13.0. The SMILES string of the molecule is NC(Cc1ccccc1)C(=O)NC1c2ccsc2/C(=N\O)C1O. The molecule has 0 aliphatic heterocycles. The summed E-state index contributed by atoms with van der Waals surface area (Å²) in [5.74, 6) is -0.353. The maximum atomic E-state index is 12.3. The standard InChI is InChI=1S/C16H17N3O3S/c17-11(8-9-4-2-1-3-5-9)16(21)18-12-10-6-7-23-15(10)13(19-22)14(12)20/h1-7,11-12,14,20,22H,8,17H2,(H,18,21)/b19-13-. The highest BCUT2D eigenvalue weighted by Gasteiger charge is 2.39. The maximum absolute atomic E-state index is 12.3. The number of fused-ring (bicyclic) bond motifs is 1. The van der Waals surface area contributed by atoms with Crippen molar-refractivity contribution in [3.8, 4) is 0 Å². The largest absolute Gasteiger partial charge is 0.411 e. The van der Waals surface area contributed by atoms with Gasteiger partial charge in [-0.2, -0.15) is 0 Å². The molecule has 0 radical (unpaired) electrons. The van der Waals surface area contributed by atoms with Gasteiger partial charge in [0.05, 0.1) is 17.0 Å². The molecule has 1 aliphatic rings. The molecule has 2 aromatic rings. The lowest BCUT2D eigenvalue weighted by atomic mass is 10.0. The third-order valence-corrected chi connectivity index (χ3v) is 4.85. The monoisotopic (exact) mass is 331 g/mol. The molecule has 1 aromatic heterocycles. The molecule has 5 N–H and O–H groups in total. The summed E-state index contributed by atoms with van der Waals surface area (Å²) < 4.78 is 0. The number of hydrogen-bond donors (Lipinski definition) is 4. The number of thiophene rings is 1. The lowest BCUT2D eigenvalue weighted by Gasteiger charge is -2.20. The van der Waals surface area contributed by atoms with Crippen molar-refractivity contribution in [1.29, 1.82) is 0 Å². The summed E-state index contributed by atoms with van der Waals surface area (Å²) in [6.07, 6.45) is -0.664. The van der Waals surface area contributed by atoms with Crippen LogP contribution in [0.15, 0.2) is 46.9 Å². The smallest absolute Gasteiger partial charge is 0.237 e. The predicted octanol–water partition coefficient (Wildman–Crippen LogP) is 1.03. The number of oxime groups is 1. The number of nitrogens with two attached hydrogens (primary N) is 1. The second-order valence-corrected chi connectivity index (χ2v) is 6.33. The van der Waals surface area contributed by atoms with Crippen LogP contribution in [0.2, 0.25) is 0 Å². The first-order valence-electron chi connectivity index (χ1n) is 7.19. The van der Waals surface area contributed by atoms with Crippen molar-refractivity contribution in [2.75, 3.05) is 0 Å². The molecule has 23 heavy (non-hydrogen) atoms. The summed E-state index contributed by atoms with van der Waals surface area (Å²) in [4.78, 5) is 13.0. The van der Waals surface area contributed by atoms with Crippen LogP contribution in [0, 0.1) is 0 Å². The van der Waals surface area contributed by atoms with Crippen LogP contribution in [-0.4, -0.2) is 34.1 Å². The summed E-state index contributed by atoms with van der Waals surface area (Å²) >= 11 is 1.36. The highest BCUT2D eigenvalue weighted by Crippen LogP contribution is 2.35. The average Bonchev–Trinajstić information content (AvgIpc) is 3.11. The van der Waals surface area contributed by atoms with E-state index in [2.05, 4.69) is 10.5 Å². The lowest BCUT2D eigenvalue weighted by molar-refractivity contribution is -0.123. The normalized spacial score (nSPS) is 22.8. The maximum Gasteiger partial charge on any atom is 0.237 e. The molecule has 0 fully saturated rings. The van der Waals surface area contributed by atoms with Gasteiger partial charge in [0.15, 0.2) is 0 Å². The third-order valence-electron chi connectivity index (χ3n) is 3.90. The van der Waals surface area contributed by atoms with E-state index in [1.807, 2.05) is 35.7 Å². The van der Waals surface area contributed by atoms with Crippen LogP contribution in [0.25, 0.3) is 0 Å². The van der Waals surface area contributed by atoms with Crippen molar-refractivity contribution in [3.05, 3.63) is 57.8 Å². The Kier molecular flexibility index (Phi) is 4.42. The zero-order chi connectivity index (χ0) is 16.4. The third kappa shape index (κ3) is 2.98. The molecule has 1 amide bonds. The Morgan fingerprint density at radius 3 is 2.78 bits per heavy atom. The van der Waals surface area contributed by atoms with Gasteiger partial charge in [0.2, 0.25) is 5.91 Å². The van der Waals surface area contributed by atoms with Gasteiger partial charge in [-0.3, -0.25) is 4.79 Å². The highest BCUT2D eigenvalue weighted by atomic mass is 32.1. The van der Waals surface area contributed by atoms with Gasteiger partial charge in [0.25, 0.3) is 0 Å². The molecule has 1 aromatic carbocycles. The number of benzene rings is 1. The number of aliphatic hydroxyl groups is 1. The molecule has 7 heteroatoms. The Hall–Kier alpha value is -2.22. The van der Waals surface area contributed by atoms with E-state index in [0.717, 1.165) is 11.1 Å². The number of nitrogens with one attached hydrogen (secondary N) is 1. The van der Waals surface area contributed by atoms with Gasteiger partial charge < -0.3 is 21.4 Å². The van der Waals surface area contributed by atoms with Crippen LogP contribution in [-0.2, 0) is 11.2 Å². The summed E-state index contributed by atoms with van der Waals surface area (Å²) in [6, 6.07) is 9.94. The molecule has 3 unspecified atom stereocenters. The molecule has 0 bridgehead atoms. The molecular formula is C16H17N3O3S. The van der Waals surface area contributed by atoms with Gasteiger partial charge in [-0.05, 0) is 29.0 Å². The molecule has 1 aliphatic carbocycles. The summed E-state index contributed by atoms with van der Waals surface area (Å²) in [7, 11) is 0. The number of aliphatic hydroxyl groups excluding tert-OH is 1. The molecule has 6 nitrogen and oxygen atoms in total. The molecule has 120 valence electrons. The Morgan fingerprint density at radius 2 is 2.09 bits per heavy atom. The molecule has 0 spiro atoms. The minimum Gasteiger partial charge on any atom is -0.411 e. The van der Waals surface area contributed by atoms with E-state index in [-0.39, 0.29) is 11.6 Å². The van der Waals surface area contributed by atoms with Gasteiger partial charge in [-0.15, -0.1) is 11.3 Å². The van der Waals surface area contributed by atoms with Gasteiger partial charge in [0.1, 0.15) is 11.8 Å². The predicted molar refractivity (Wildman–Crippen MR) is 87.7 cm³/mol. The fourth-order valence-electron chi connectivity index (χ4n) is 2.72. The first kappa shape index (κ1) is 15.7.